The molecule has 1 heterocycles. The molecule has 0 aliphatic carbocycles. The topological polar surface area (TPSA) is 66.8 Å². The van der Waals surface area contributed by atoms with Gasteiger partial charge in [-0.2, -0.15) is 0 Å². The lowest BCUT2D eigenvalue weighted by Gasteiger charge is -2.36. The van der Waals surface area contributed by atoms with E-state index in [1.165, 1.54) is 16.0 Å². The van der Waals surface area contributed by atoms with E-state index in [4.69, 9.17) is 27.9 Å². The van der Waals surface area contributed by atoms with E-state index in [1.54, 1.807) is 24.3 Å². The summed E-state index contributed by atoms with van der Waals surface area (Å²) in [7, 11) is 0. The highest BCUT2D eigenvalue weighted by atomic mass is 35.5. The highest BCUT2D eigenvalue weighted by Gasteiger charge is 2.32. The van der Waals surface area contributed by atoms with Gasteiger partial charge in [-0.1, -0.05) is 73.4 Å². The first-order valence-electron chi connectivity index (χ1n) is 12.4. The maximum absolute atomic E-state index is 13.4. The molecular weight excluding hydrogens is 509 g/mol. The lowest BCUT2D eigenvalue weighted by atomic mass is 9.86. The Kier molecular flexibility index (Phi) is 8.15. The molecule has 7 heteroatoms. The second kappa shape index (κ2) is 11.2. The van der Waals surface area contributed by atoms with Gasteiger partial charge in [0, 0.05) is 18.5 Å². The summed E-state index contributed by atoms with van der Waals surface area (Å²) < 4.78 is 6.43. The Labute approximate surface area is 228 Å². The van der Waals surface area contributed by atoms with Crippen molar-refractivity contribution in [3.63, 3.8) is 0 Å². The van der Waals surface area contributed by atoms with Crippen molar-refractivity contribution in [2.45, 2.75) is 58.1 Å². The van der Waals surface area contributed by atoms with Crippen molar-refractivity contribution in [3.8, 4) is 5.75 Å². The number of hydrogen-bond acceptors (Lipinski definition) is 3. The molecule has 0 radical (unpaired) electrons. The molecule has 0 fully saturated rings. The number of aliphatic carboxylic acids is 1. The van der Waals surface area contributed by atoms with Crippen LogP contribution < -0.4 is 4.74 Å². The number of carbonyl (C=O) groups excluding carboxylic acids is 1. The van der Waals surface area contributed by atoms with Crippen LogP contribution in [0.25, 0.3) is 0 Å². The monoisotopic (exact) mass is 539 g/mol. The molecule has 5 nitrogen and oxygen atoms in total. The molecule has 1 aliphatic heterocycles. The molecule has 194 valence electrons. The highest BCUT2D eigenvalue weighted by molar-refractivity contribution is 6.42. The van der Waals surface area contributed by atoms with Crippen LogP contribution in [0.3, 0.4) is 0 Å². The first-order valence-corrected chi connectivity index (χ1v) is 13.1. The molecule has 1 aliphatic rings. The Morgan fingerprint density at radius 2 is 1.81 bits per heavy atom. The molecule has 0 aromatic heterocycles. The summed E-state index contributed by atoms with van der Waals surface area (Å²) in [6.07, 6.45) is 2.36. The van der Waals surface area contributed by atoms with Crippen LogP contribution in [0.5, 0.6) is 5.75 Å². The van der Waals surface area contributed by atoms with Crippen molar-refractivity contribution in [1.82, 2.24) is 4.90 Å². The fourth-order valence-corrected chi connectivity index (χ4v) is 5.10. The Bertz CT molecular complexity index is 1310. The van der Waals surface area contributed by atoms with Gasteiger partial charge in [-0.3, -0.25) is 9.59 Å². The van der Waals surface area contributed by atoms with Crippen molar-refractivity contribution in [1.29, 1.82) is 0 Å². The van der Waals surface area contributed by atoms with E-state index in [-0.39, 0.29) is 18.1 Å². The summed E-state index contributed by atoms with van der Waals surface area (Å²) in [6.45, 7) is 6.07. The second-order valence-corrected chi connectivity index (χ2v) is 11.0. The van der Waals surface area contributed by atoms with Gasteiger partial charge in [0.15, 0.2) is 0 Å². The minimum atomic E-state index is -1.11. The molecule has 0 saturated heterocycles. The number of nitrogens with zero attached hydrogens (tertiary/aromatic N) is 1. The molecule has 1 N–H and O–H groups in total. The zero-order valence-corrected chi connectivity index (χ0v) is 22.8. The summed E-state index contributed by atoms with van der Waals surface area (Å²) in [4.78, 5) is 26.1. The predicted octanol–water partition coefficient (Wildman–Crippen LogP) is 7.17. The van der Waals surface area contributed by atoms with Crippen LogP contribution in [0, 0.1) is 0 Å². The van der Waals surface area contributed by atoms with E-state index < -0.39 is 12.5 Å². The lowest BCUT2D eigenvalue weighted by Crippen LogP contribution is -2.39. The lowest BCUT2D eigenvalue weighted by molar-refractivity contribution is -0.137. The Morgan fingerprint density at radius 3 is 2.49 bits per heavy atom. The van der Waals surface area contributed by atoms with E-state index in [0.717, 1.165) is 30.6 Å². The normalized spacial score (nSPS) is 16.7. The van der Waals surface area contributed by atoms with Crippen LogP contribution in [-0.2, 0) is 24.2 Å². The van der Waals surface area contributed by atoms with Crippen molar-refractivity contribution >= 4 is 35.1 Å². The Morgan fingerprint density at radius 1 is 1.08 bits per heavy atom. The van der Waals surface area contributed by atoms with Crippen LogP contribution in [0.1, 0.15) is 65.7 Å². The summed E-state index contributed by atoms with van der Waals surface area (Å²) in [5.41, 5.74) is 4.13. The average molecular weight is 540 g/mol. The number of fused-ring (bicyclic) bond motifs is 1. The van der Waals surface area contributed by atoms with Crippen LogP contribution in [0.2, 0.25) is 10.0 Å². The first-order chi connectivity index (χ1) is 17.5. The maximum Gasteiger partial charge on any atom is 0.323 e. The van der Waals surface area contributed by atoms with E-state index in [0.29, 0.717) is 27.1 Å². The molecule has 0 spiro atoms. The number of aryl methyl sites for hydroxylation is 1. The summed E-state index contributed by atoms with van der Waals surface area (Å²) in [5.74, 6) is -0.246. The van der Waals surface area contributed by atoms with Crippen molar-refractivity contribution < 1.29 is 19.4 Å². The van der Waals surface area contributed by atoms with E-state index in [1.807, 2.05) is 12.1 Å². The number of rotatable bonds is 8. The minimum Gasteiger partial charge on any atom is -0.487 e. The molecular formula is C30H31Cl2NO4. The standard InChI is InChI=1S/C30H31Cl2NO4/c1-19(2)21-9-7-20(8-10-21)16-30(3)14-13-22-15-23(11-12-26(22)37-30)29(36)33(18-27(34)35)17-24-5-4-6-25(31)28(24)32/h4-12,15,19H,13-14,16-18H2,1-3H3,(H,34,35)/t30-/m1/s1. The van der Waals surface area contributed by atoms with E-state index in [2.05, 4.69) is 45.0 Å². The third-order valence-corrected chi connectivity index (χ3v) is 7.68. The van der Waals surface area contributed by atoms with Crippen LogP contribution >= 0.6 is 23.2 Å². The predicted molar refractivity (Wildman–Crippen MR) is 147 cm³/mol. The van der Waals surface area contributed by atoms with Gasteiger partial charge in [-0.25, -0.2) is 0 Å². The fraction of sp³-hybridized carbons (Fsp3) is 0.333. The van der Waals surface area contributed by atoms with Gasteiger partial charge in [-0.05, 0) is 72.2 Å². The molecule has 1 atom stereocenters. The largest absolute Gasteiger partial charge is 0.487 e. The molecule has 4 rings (SSSR count). The maximum atomic E-state index is 13.4. The Balaban J connectivity index is 1.51. The average Bonchev–Trinajstić information content (AvgIpc) is 2.85. The second-order valence-electron chi connectivity index (χ2n) is 10.2. The molecule has 0 bridgehead atoms. The zero-order chi connectivity index (χ0) is 26.7. The van der Waals surface area contributed by atoms with Crippen LogP contribution in [0.4, 0.5) is 0 Å². The highest BCUT2D eigenvalue weighted by Crippen LogP contribution is 2.36. The number of carboxylic acid groups (broad SMARTS) is 1. The quantitative estimate of drug-likeness (QED) is 0.329. The fourth-order valence-electron chi connectivity index (χ4n) is 4.72. The van der Waals surface area contributed by atoms with Gasteiger partial charge in [-0.15, -0.1) is 0 Å². The van der Waals surface area contributed by atoms with Gasteiger partial charge >= 0.3 is 5.97 Å². The van der Waals surface area contributed by atoms with E-state index >= 15 is 0 Å². The number of carboxylic acids is 1. The van der Waals surface area contributed by atoms with Gasteiger partial charge in [0.25, 0.3) is 5.91 Å². The van der Waals surface area contributed by atoms with Crippen LogP contribution in [0.15, 0.2) is 60.7 Å². The number of carbonyl (C=O) groups is 2. The van der Waals surface area contributed by atoms with Gasteiger partial charge in [0.1, 0.15) is 17.9 Å². The minimum absolute atomic E-state index is 0.0335. The third kappa shape index (κ3) is 6.46. The number of hydrogen-bond donors (Lipinski definition) is 1. The number of amides is 1. The van der Waals surface area contributed by atoms with Crippen molar-refractivity contribution in [3.05, 3.63) is 98.5 Å². The molecule has 0 saturated carbocycles. The van der Waals surface area contributed by atoms with Crippen LogP contribution in [-0.4, -0.2) is 34.0 Å². The van der Waals surface area contributed by atoms with Gasteiger partial charge in [0.05, 0.1) is 10.0 Å². The number of halogens is 2. The van der Waals surface area contributed by atoms with Gasteiger partial charge in [0.2, 0.25) is 0 Å². The molecule has 3 aromatic rings. The summed E-state index contributed by atoms with van der Waals surface area (Å²) in [5, 5.41) is 10.1. The summed E-state index contributed by atoms with van der Waals surface area (Å²) in [6, 6.07) is 19.1. The molecule has 1 amide bonds. The van der Waals surface area contributed by atoms with Crippen molar-refractivity contribution in [2.24, 2.45) is 0 Å². The van der Waals surface area contributed by atoms with E-state index in [9.17, 15) is 14.7 Å². The zero-order valence-electron chi connectivity index (χ0n) is 21.3. The number of benzene rings is 3. The van der Waals surface area contributed by atoms with Gasteiger partial charge < -0.3 is 14.7 Å². The smallest absolute Gasteiger partial charge is 0.323 e. The first kappa shape index (κ1) is 27.0. The Hall–Kier alpha value is -3.02. The molecule has 3 aromatic carbocycles. The summed E-state index contributed by atoms with van der Waals surface area (Å²) >= 11 is 12.4. The molecule has 0 unspecified atom stereocenters. The number of ether oxygens (including phenoxy) is 1. The third-order valence-electron chi connectivity index (χ3n) is 6.82. The SMILES string of the molecule is CC(C)c1ccc(C[C@@]2(C)CCc3cc(C(=O)N(CC(=O)O)Cc4cccc(Cl)c4Cl)ccc3O2)cc1. The van der Waals surface area contributed by atoms with Crippen molar-refractivity contribution in [2.75, 3.05) is 6.54 Å². The molecule has 37 heavy (non-hydrogen) atoms.